The minimum absolute atomic E-state index is 0. The summed E-state index contributed by atoms with van der Waals surface area (Å²) in [6.45, 7) is 2.45. The zero-order valence-electron chi connectivity index (χ0n) is 16.1. The molecule has 2 fully saturated rings. The lowest BCUT2D eigenvalue weighted by Gasteiger charge is -2.43. The number of piperidine rings is 1. The molecule has 27 heavy (non-hydrogen) atoms. The monoisotopic (exact) mass is 386 g/mol. The molecule has 1 aliphatic heterocycles. The van der Waals surface area contributed by atoms with Crippen molar-refractivity contribution in [2.75, 3.05) is 26.7 Å². The van der Waals surface area contributed by atoms with Gasteiger partial charge in [-0.15, -0.1) is 0 Å². The first-order valence-electron chi connectivity index (χ1n) is 10.1. The van der Waals surface area contributed by atoms with Crippen LogP contribution in [-0.2, 0) is 6.18 Å². The van der Waals surface area contributed by atoms with Gasteiger partial charge >= 0.3 is 6.18 Å². The minimum atomic E-state index is -4.36. The van der Waals surface area contributed by atoms with Gasteiger partial charge in [0.05, 0.1) is 11.2 Å². The van der Waals surface area contributed by atoms with E-state index in [0.29, 0.717) is 31.0 Å². The number of hydrogen-bond donors (Lipinski definition) is 2. The second-order valence-electron chi connectivity index (χ2n) is 8.20. The summed E-state index contributed by atoms with van der Waals surface area (Å²) in [5, 5.41) is 14.7. The van der Waals surface area contributed by atoms with Crippen LogP contribution in [0.1, 0.15) is 63.4 Å². The molecule has 1 saturated heterocycles. The molecular formula is C21H33F3N2O. The van der Waals surface area contributed by atoms with Crippen molar-refractivity contribution in [1.82, 2.24) is 10.2 Å². The molecule has 1 aromatic rings. The van der Waals surface area contributed by atoms with Gasteiger partial charge in [0, 0.05) is 19.9 Å². The average molecular weight is 387 g/mol. The summed E-state index contributed by atoms with van der Waals surface area (Å²) in [6.07, 6.45) is 2.00. The Hall–Kier alpha value is -1.11. The molecule has 2 N–H and O–H groups in total. The maximum atomic E-state index is 13.2. The number of likely N-dealkylation sites (tertiary alicyclic amines) is 1. The van der Waals surface area contributed by atoms with Gasteiger partial charge < -0.3 is 15.3 Å². The number of hydrogen-bond acceptors (Lipinski definition) is 3. The fraction of sp³-hybridized carbons (Fsp3) is 0.714. The summed E-state index contributed by atoms with van der Waals surface area (Å²) in [7, 11) is 1.97. The van der Waals surface area contributed by atoms with Crippen LogP contribution in [0.25, 0.3) is 0 Å². The molecule has 6 heteroatoms. The Labute approximate surface area is 161 Å². The van der Waals surface area contributed by atoms with Crippen molar-refractivity contribution in [3.05, 3.63) is 35.4 Å². The third-order valence-electron chi connectivity index (χ3n) is 6.42. The summed E-state index contributed by atoms with van der Waals surface area (Å²) in [4.78, 5) is 2.31. The van der Waals surface area contributed by atoms with E-state index in [1.807, 2.05) is 7.05 Å². The molecule has 1 aliphatic carbocycles. The van der Waals surface area contributed by atoms with Gasteiger partial charge in [0.2, 0.25) is 0 Å². The lowest BCUT2D eigenvalue weighted by molar-refractivity contribution is -0.137. The Morgan fingerprint density at radius 1 is 1.22 bits per heavy atom. The summed E-state index contributed by atoms with van der Waals surface area (Å²) in [5.74, 6) is -0.286. The van der Waals surface area contributed by atoms with E-state index in [4.69, 9.17) is 0 Å². The van der Waals surface area contributed by atoms with Crippen LogP contribution in [0.3, 0.4) is 0 Å². The van der Waals surface area contributed by atoms with Crippen molar-refractivity contribution < 1.29 is 19.7 Å². The Morgan fingerprint density at radius 3 is 2.48 bits per heavy atom. The Morgan fingerprint density at radius 2 is 1.89 bits per heavy atom. The molecule has 2 aliphatic rings. The highest BCUT2D eigenvalue weighted by atomic mass is 19.4. The zero-order valence-corrected chi connectivity index (χ0v) is 16.1. The van der Waals surface area contributed by atoms with Crippen LogP contribution in [-0.4, -0.2) is 48.3 Å². The highest BCUT2D eigenvalue weighted by Gasteiger charge is 2.41. The predicted octanol–water partition coefficient (Wildman–Crippen LogP) is 4.41. The fourth-order valence-corrected chi connectivity index (χ4v) is 4.69. The second-order valence-corrected chi connectivity index (χ2v) is 8.20. The van der Waals surface area contributed by atoms with E-state index in [2.05, 4.69) is 10.2 Å². The van der Waals surface area contributed by atoms with Gasteiger partial charge in [-0.05, 0) is 57.5 Å². The van der Waals surface area contributed by atoms with Gasteiger partial charge in [-0.2, -0.15) is 13.2 Å². The van der Waals surface area contributed by atoms with Crippen LogP contribution in [0.15, 0.2) is 24.3 Å². The Bertz CT molecular complexity index is 612. The molecule has 1 unspecified atom stereocenters. The van der Waals surface area contributed by atoms with Crippen LogP contribution >= 0.6 is 0 Å². The summed E-state index contributed by atoms with van der Waals surface area (Å²) >= 11 is 0. The summed E-state index contributed by atoms with van der Waals surface area (Å²) in [6, 6.07) is 6.10. The molecule has 3 nitrogen and oxygen atoms in total. The molecule has 1 aromatic carbocycles. The van der Waals surface area contributed by atoms with Gasteiger partial charge in [-0.25, -0.2) is 0 Å². The average Bonchev–Trinajstić information content (AvgIpc) is 2.66. The Balaban J connectivity index is 0.00000280. The number of benzene rings is 1. The van der Waals surface area contributed by atoms with Gasteiger partial charge in [0.15, 0.2) is 0 Å². The van der Waals surface area contributed by atoms with Crippen molar-refractivity contribution in [3.8, 4) is 0 Å². The van der Waals surface area contributed by atoms with Gasteiger partial charge in [0.1, 0.15) is 0 Å². The molecule has 1 heterocycles. The van der Waals surface area contributed by atoms with E-state index < -0.39 is 17.3 Å². The molecule has 0 bridgehead atoms. The number of aliphatic hydroxyl groups is 1. The summed E-state index contributed by atoms with van der Waals surface area (Å²) in [5.41, 5.74) is -0.925. The van der Waals surface area contributed by atoms with Gasteiger partial charge in [-0.3, -0.25) is 0 Å². The molecule has 3 rings (SSSR count). The van der Waals surface area contributed by atoms with E-state index in [9.17, 15) is 18.3 Å². The number of rotatable bonds is 5. The first-order chi connectivity index (χ1) is 12.8. The molecular weight excluding hydrogens is 353 g/mol. The minimum Gasteiger partial charge on any atom is -0.389 e. The number of alkyl halides is 3. The molecule has 154 valence electrons. The van der Waals surface area contributed by atoms with E-state index in [1.54, 1.807) is 6.07 Å². The van der Waals surface area contributed by atoms with Crippen LogP contribution in [0.4, 0.5) is 13.2 Å². The number of nitrogens with zero attached hydrogens (tertiary/aromatic N) is 1. The number of halogens is 3. The zero-order chi connectivity index (χ0) is 19.5. The molecule has 0 spiro atoms. The predicted molar refractivity (Wildman–Crippen MR) is 103 cm³/mol. The molecule has 0 amide bonds. The van der Waals surface area contributed by atoms with Crippen LogP contribution in [0.5, 0.6) is 0 Å². The maximum absolute atomic E-state index is 13.2. The van der Waals surface area contributed by atoms with E-state index in [0.717, 1.165) is 51.3 Å². The van der Waals surface area contributed by atoms with E-state index in [1.165, 1.54) is 12.1 Å². The van der Waals surface area contributed by atoms with Gasteiger partial charge in [-0.1, -0.05) is 37.5 Å². The molecule has 1 atom stereocenters. The fourth-order valence-electron chi connectivity index (χ4n) is 4.69. The van der Waals surface area contributed by atoms with Crippen molar-refractivity contribution in [3.63, 3.8) is 0 Å². The first-order valence-corrected chi connectivity index (χ1v) is 10.1. The molecule has 1 saturated carbocycles. The number of nitrogens with one attached hydrogen (secondary N) is 1. The van der Waals surface area contributed by atoms with Crippen molar-refractivity contribution >= 4 is 0 Å². The first kappa shape index (κ1) is 20.6. The quantitative estimate of drug-likeness (QED) is 0.787. The Kier molecular flexibility index (Phi) is 6.49. The molecule has 0 aromatic heterocycles. The van der Waals surface area contributed by atoms with Crippen LogP contribution in [0, 0.1) is 0 Å². The smallest absolute Gasteiger partial charge is 0.389 e. The summed E-state index contributed by atoms with van der Waals surface area (Å²) < 4.78 is 39.7. The normalized spacial score (nSPS) is 23.3. The topological polar surface area (TPSA) is 35.5 Å². The maximum Gasteiger partial charge on any atom is 0.416 e. The van der Waals surface area contributed by atoms with Crippen molar-refractivity contribution in [2.45, 2.75) is 68.7 Å². The third kappa shape index (κ3) is 5.04. The molecule has 0 radical (unpaired) electrons. The third-order valence-corrected chi connectivity index (χ3v) is 6.42. The highest BCUT2D eigenvalue weighted by Crippen LogP contribution is 2.42. The van der Waals surface area contributed by atoms with Gasteiger partial charge in [0.25, 0.3) is 0 Å². The van der Waals surface area contributed by atoms with Crippen LogP contribution < -0.4 is 5.32 Å². The SMILES string of the molecule is CNC1CCN(CC(c2cccc(C(F)(F)F)c2)C2(O)CCCCC2)CC1.[HH]. The van der Waals surface area contributed by atoms with E-state index in [-0.39, 0.29) is 7.34 Å². The lowest BCUT2D eigenvalue weighted by atomic mass is 9.72. The standard InChI is InChI=1S/C21H31F3N2O.H2/c1-25-18-8-12-26(13-9-18)15-19(20(27)10-3-2-4-11-20)16-6-5-7-17(14-16)21(22,23)24;/h5-7,14,18-19,25,27H,2-4,8-13,15H2,1H3;1H. The highest BCUT2D eigenvalue weighted by molar-refractivity contribution is 5.31. The van der Waals surface area contributed by atoms with E-state index >= 15 is 0 Å². The van der Waals surface area contributed by atoms with Crippen molar-refractivity contribution in [1.29, 1.82) is 0 Å². The van der Waals surface area contributed by atoms with Crippen LogP contribution in [0.2, 0.25) is 0 Å². The largest absolute Gasteiger partial charge is 0.416 e. The lowest BCUT2D eigenvalue weighted by Crippen LogP contribution is -2.48. The van der Waals surface area contributed by atoms with Crippen molar-refractivity contribution in [2.24, 2.45) is 0 Å². The second kappa shape index (κ2) is 8.50.